The van der Waals surface area contributed by atoms with Crippen LogP contribution in [0.4, 0.5) is 4.79 Å². The van der Waals surface area contributed by atoms with Gasteiger partial charge in [-0.1, -0.05) is 30.3 Å². The molecular weight excluding hydrogens is 258 g/mol. The molecule has 20 heavy (non-hydrogen) atoms. The smallest absolute Gasteiger partial charge is 0.410 e. The predicted molar refractivity (Wildman–Crippen MR) is 70.9 cm³/mol. The van der Waals surface area contributed by atoms with Gasteiger partial charge in [0.05, 0.1) is 25.0 Å². The number of hydrogen-bond donors (Lipinski definition) is 1. The molecule has 2 aromatic rings. The molecule has 0 bridgehead atoms. The van der Waals surface area contributed by atoms with E-state index in [2.05, 4.69) is 5.10 Å². The van der Waals surface area contributed by atoms with Crippen LogP contribution in [-0.4, -0.2) is 32.4 Å². The Labute approximate surface area is 116 Å². The average Bonchev–Trinajstić information content (AvgIpc) is 2.87. The molecular formula is C14H15N3O3. The average molecular weight is 273 g/mol. The monoisotopic (exact) mass is 273 g/mol. The van der Waals surface area contributed by atoms with Gasteiger partial charge in [0.25, 0.3) is 0 Å². The van der Waals surface area contributed by atoms with Crippen molar-refractivity contribution in [1.82, 2.24) is 14.7 Å². The number of aromatic nitrogens is 2. The molecule has 1 aliphatic heterocycles. The Hall–Kier alpha value is -2.50. The van der Waals surface area contributed by atoms with E-state index < -0.39 is 0 Å². The summed E-state index contributed by atoms with van der Waals surface area (Å²) in [6, 6.07) is 9.54. The minimum absolute atomic E-state index is 0.116. The van der Waals surface area contributed by atoms with Crippen molar-refractivity contribution in [3.05, 3.63) is 47.8 Å². The van der Waals surface area contributed by atoms with Crippen LogP contribution in [0.3, 0.4) is 0 Å². The zero-order chi connectivity index (χ0) is 13.9. The molecule has 0 aliphatic carbocycles. The van der Waals surface area contributed by atoms with E-state index in [-0.39, 0.29) is 18.4 Å². The molecule has 1 aromatic carbocycles. The largest absolute Gasteiger partial charge is 0.504 e. The van der Waals surface area contributed by atoms with Crippen LogP contribution in [0.25, 0.3) is 0 Å². The molecule has 0 radical (unpaired) electrons. The maximum absolute atomic E-state index is 12.0. The van der Waals surface area contributed by atoms with Gasteiger partial charge in [0.2, 0.25) is 0 Å². The number of nitrogens with zero attached hydrogens (tertiary/aromatic N) is 3. The summed E-state index contributed by atoms with van der Waals surface area (Å²) in [6.07, 6.45) is 1.02. The summed E-state index contributed by atoms with van der Waals surface area (Å²) < 4.78 is 6.98. The Morgan fingerprint density at radius 1 is 1.30 bits per heavy atom. The molecule has 0 saturated carbocycles. The quantitative estimate of drug-likeness (QED) is 0.905. The third-order valence-corrected chi connectivity index (χ3v) is 3.31. The molecule has 3 rings (SSSR count). The number of benzene rings is 1. The van der Waals surface area contributed by atoms with Gasteiger partial charge >= 0.3 is 6.09 Å². The molecule has 104 valence electrons. The third-order valence-electron chi connectivity index (χ3n) is 3.31. The third kappa shape index (κ3) is 2.45. The Kier molecular flexibility index (Phi) is 3.28. The number of carbonyl (C=O) groups excluding carboxylic acids is 1. The van der Waals surface area contributed by atoms with Crippen molar-refractivity contribution >= 4 is 6.09 Å². The fraction of sp³-hybridized carbons (Fsp3) is 0.286. The Balaban J connectivity index is 1.60. The first-order chi connectivity index (χ1) is 9.74. The van der Waals surface area contributed by atoms with E-state index in [0.717, 1.165) is 5.56 Å². The van der Waals surface area contributed by atoms with Crippen molar-refractivity contribution in [2.75, 3.05) is 6.54 Å². The summed E-state index contributed by atoms with van der Waals surface area (Å²) in [6.45, 7) is 1.67. The fourth-order valence-corrected chi connectivity index (χ4v) is 2.20. The summed E-state index contributed by atoms with van der Waals surface area (Å²) in [5, 5.41) is 13.7. The maximum Gasteiger partial charge on any atom is 0.410 e. The van der Waals surface area contributed by atoms with Gasteiger partial charge in [0, 0.05) is 6.54 Å². The molecule has 6 nitrogen and oxygen atoms in total. The van der Waals surface area contributed by atoms with E-state index in [4.69, 9.17) is 4.74 Å². The number of fused-ring (bicyclic) bond motifs is 1. The molecule has 1 N–H and O–H groups in total. The lowest BCUT2D eigenvalue weighted by Gasteiger charge is -2.27. The molecule has 0 unspecified atom stereocenters. The standard InChI is InChI=1S/C14H15N3O3/c18-13-8-15-17-7-6-16(9-12(13)17)14(19)20-10-11-4-2-1-3-5-11/h1-5,8,18H,6-7,9-10H2. The Morgan fingerprint density at radius 2 is 2.10 bits per heavy atom. The van der Waals surface area contributed by atoms with Gasteiger partial charge < -0.3 is 14.7 Å². The minimum Gasteiger partial charge on any atom is -0.504 e. The van der Waals surface area contributed by atoms with Crippen LogP contribution in [0, 0.1) is 0 Å². The van der Waals surface area contributed by atoms with Gasteiger partial charge in [0.1, 0.15) is 6.61 Å². The fourth-order valence-electron chi connectivity index (χ4n) is 2.20. The molecule has 2 heterocycles. The van der Waals surface area contributed by atoms with Gasteiger partial charge in [-0.3, -0.25) is 4.68 Å². The normalized spacial score (nSPS) is 13.9. The van der Waals surface area contributed by atoms with E-state index >= 15 is 0 Å². The van der Waals surface area contributed by atoms with Crippen molar-refractivity contribution in [2.24, 2.45) is 0 Å². The zero-order valence-corrected chi connectivity index (χ0v) is 10.9. The van der Waals surface area contributed by atoms with Crippen molar-refractivity contribution in [2.45, 2.75) is 19.7 Å². The van der Waals surface area contributed by atoms with Crippen molar-refractivity contribution in [1.29, 1.82) is 0 Å². The lowest BCUT2D eigenvalue weighted by molar-refractivity contribution is 0.0854. The second-order valence-electron chi connectivity index (χ2n) is 4.66. The maximum atomic E-state index is 12.0. The molecule has 0 fully saturated rings. The number of amides is 1. The number of rotatable bonds is 2. The predicted octanol–water partition coefficient (Wildman–Crippen LogP) is 1.74. The van der Waals surface area contributed by atoms with E-state index in [1.165, 1.54) is 6.20 Å². The number of carbonyl (C=O) groups is 1. The first-order valence-electron chi connectivity index (χ1n) is 6.43. The van der Waals surface area contributed by atoms with Gasteiger partial charge in [-0.25, -0.2) is 4.79 Å². The van der Waals surface area contributed by atoms with Crippen LogP contribution in [0.5, 0.6) is 5.75 Å². The number of ether oxygens (including phenoxy) is 1. The SMILES string of the molecule is O=C(OCc1ccccc1)N1CCn2ncc(O)c2C1. The Morgan fingerprint density at radius 3 is 2.90 bits per heavy atom. The summed E-state index contributed by atoms with van der Waals surface area (Å²) in [5.41, 5.74) is 1.60. The second kappa shape index (κ2) is 5.24. The summed E-state index contributed by atoms with van der Waals surface area (Å²) in [5.74, 6) is 0.116. The van der Waals surface area contributed by atoms with E-state index in [1.807, 2.05) is 30.3 Å². The van der Waals surface area contributed by atoms with Crippen LogP contribution < -0.4 is 0 Å². The minimum atomic E-state index is -0.374. The van der Waals surface area contributed by atoms with Crippen LogP contribution in [-0.2, 0) is 24.4 Å². The summed E-state index contributed by atoms with van der Waals surface area (Å²) >= 11 is 0. The first kappa shape index (κ1) is 12.5. The van der Waals surface area contributed by atoms with Gasteiger partial charge in [-0.05, 0) is 5.56 Å². The molecule has 0 saturated heterocycles. The number of aromatic hydroxyl groups is 1. The molecule has 0 spiro atoms. The highest BCUT2D eigenvalue weighted by Gasteiger charge is 2.24. The molecule has 6 heteroatoms. The van der Waals surface area contributed by atoms with Crippen LogP contribution in [0.2, 0.25) is 0 Å². The first-order valence-corrected chi connectivity index (χ1v) is 6.43. The van der Waals surface area contributed by atoms with Crippen LogP contribution in [0.1, 0.15) is 11.3 Å². The number of hydrogen-bond acceptors (Lipinski definition) is 4. The van der Waals surface area contributed by atoms with Crippen LogP contribution >= 0.6 is 0 Å². The highest BCUT2D eigenvalue weighted by molar-refractivity contribution is 5.67. The van der Waals surface area contributed by atoms with Crippen LogP contribution in [0.15, 0.2) is 36.5 Å². The Bertz CT molecular complexity index is 609. The van der Waals surface area contributed by atoms with Gasteiger partial charge in [0.15, 0.2) is 5.75 Å². The molecule has 1 aliphatic rings. The molecule has 0 atom stereocenters. The topological polar surface area (TPSA) is 67.6 Å². The van der Waals surface area contributed by atoms with Gasteiger partial charge in [-0.15, -0.1) is 0 Å². The lowest BCUT2D eigenvalue weighted by Crippen LogP contribution is -2.38. The molecule has 1 amide bonds. The lowest BCUT2D eigenvalue weighted by atomic mass is 10.2. The van der Waals surface area contributed by atoms with Crippen molar-refractivity contribution in [3.63, 3.8) is 0 Å². The second-order valence-corrected chi connectivity index (χ2v) is 4.66. The van der Waals surface area contributed by atoms with Crippen molar-refractivity contribution in [3.8, 4) is 5.75 Å². The summed E-state index contributed by atoms with van der Waals surface area (Å²) in [4.78, 5) is 13.6. The highest BCUT2D eigenvalue weighted by atomic mass is 16.6. The van der Waals surface area contributed by atoms with Crippen molar-refractivity contribution < 1.29 is 14.6 Å². The molecule has 1 aromatic heterocycles. The van der Waals surface area contributed by atoms with E-state index in [0.29, 0.717) is 25.3 Å². The van der Waals surface area contributed by atoms with E-state index in [9.17, 15) is 9.90 Å². The highest BCUT2D eigenvalue weighted by Crippen LogP contribution is 2.21. The zero-order valence-electron chi connectivity index (χ0n) is 10.9. The summed E-state index contributed by atoms with van der Waals surface area (Å²) in [7, 11) is 0. The van der Waals surface area contributed by atoms with E-state index in [1.54, 1.807) is 9.58 Å². The van der Waals surface area contributed by atoms with Gasteiger partial charge in [-0.2, -0.15) is 5.10 Å².